The molecule has 5 rings (SSSR count). The van der Waals surface area contributed by atoms with Crippen molar-refractivity contribution < 1.29 is 18.4 Å². The highest BCUT2D eigenvalue weighted by Gasteiger charge is 2.28. The van der Waals surface area contributed by atoms with Crippen LogP contribution >= 0.6 is 0 Å². The maximum Gasteiger partial charge on any atom is 0.289 e. The topological polar surface area (TPSA) is 88.6 Å². The van der Waals surface area contributed by atoms with Crippen molar-refractivity contribution in [3.8, 4) is 11.5 Å². The molecule has 1 aliphatic rings. The Bertz CT molecular complexity index is 1170. The summed E-state index contributed by atoms with van der Waals surface area (Å²) in [6.45, 7) is 1.07. The van der Waals surface area contributed by atoms with E-state index >= 15 is 0 Å². The maximum atomic E-state index is 12.7. The normalized spacial score (nSPS) is 14.6. The number of benzene rings is 2. The van der Waals surface area contributed by atoms with Crippen LogP contribution in [0.25, 0.3) is 22.6 Å². The standard InChI is InChI=1S/C24H21N3O4/c28-22(16-11-13-27(14-12-16)24(29)21-6-3-15-30-21)25-18-9-7-17(8-10-18)23-26-19-4-1-2-5-20(19)31-23/h1-10,15-16H,11-14H2,(H,25,28). The quantitative estimate of drug-likeness (QED) is 0.527. The summed E-state index contributed by atoms with van der Waals surface area (Å²) in [7, 11) is 0. The fraction of sp³-hybridized carbons (Fsp3) is 0.208. The maximum absolute atomic E-state index is 12.7. The molecule has 7 nitrogen and oxygen atoms in total. The molecule has 156 valence electrons. The molecule has 2 aromatic carbocycles. The minimum Gasteiger partial charge on any atom is -0.459 e. The summed E-state index contributed by atoms with van der Waals surface area (Å²) in [5.41, 5.74) is 3.12. The lowest BCUT2D eigenvalue weighted by atomic mass is 9.95. The van der Waals surface area contributed by atoms with Crippen molar-refractivity contribution >= 4 is 28.6 Å². The van der Waals surface area contributed by atoms with Gasteiger partial charge < -0.3 is 19.1 Å². The fourth-order valence-corrected chi connectivity index (χ4v) is 3.84. The van der Waals surface area contributed by atoms with Gasteiger partial charge in [-0.1, -0.05) is 12.1 Å². The molecule has 1 saturated heterocycles. The zero-order valence-corrected chi connectivity index (χ0v) is 16.8. The van der Waals surface area contributed by atoms with Gasteiger partial charge >= 0.3 is 0 Å². The molecule has 0 bridgehead atoms. The number of hydrogen-bond acceptors (Lipinski definition) is 5. The van der Waals surface area contributed by atoms with Crippen LogP contribution in [0, 0.1) is 5.92 Å². The monoisotopic (exact) mass is 415 g/mol. The van der Waals surface area contributed by atoms with Crippen LogP contribution in [0.1, 0.15) is 23.4 Å². The molecule has 1 aliphatic heterocycles. The average Bonchev–Trinajstić information content (AvgIpc) is 3.49. The van der Waals surface area contributed by atoms with Crippen molar-refractivity contribution in [3.05, 3.63) is 72.7 Å². The van der Waals surface area contributed by atoms with Crippen molar-refractivity contribution in [2.45, 2.75) is 12.8 Å². The number of nitrogens with zero attached hydrogens (tertiary/aromatic N) is 2. The average molecular weight is 415 g/mol. The van der Waals surface area contributed by atoms with Gasteiger partial charge in [0, 0.05) is 30.3 Å². The van der Waals surface area contributed by atoms with Gasteiger partial charge in [0.1, 0.15) is 5.52 Å². The number of rotatable bonds is 4. The highest BCUT2D eigenvalue weighted by Crippen LogP contribution is 2.26. The van der Waals surface area contributed by atoms with Crippen LogP contribution in [0.2, 0.25) is 0 Å². The van der Waals surface area contributed by atoms with Crippen molar-refractivity contribution in [3.63, 3.8) is 0 Å². The van der Waals surface area contributed by atoms with E-state index in [1.165, 1.54) is 6.26 Å². The van der Waals surface area contributed by atoms with Crippen LogP contribution < -0.4 is 5.32 Å². The molecule has 0 unspecified atom stereocenters. The van der Waals surface area contributed by atoms with Crippen LogP contribution in [0.3, 0.4) is 0 Å². The van der Waals surface area contributed by atoms with E-state index in [9.17, 15) is 9.59 Å². The number of piperidine rings is 1. The first kappa shape index (κ1) is 19.1. The Morgan fingerprint density at radius 1 is 0.968 bits per heavy atom. The Morgan fingerprint density at radius 3 is 2.45 bits per heavy atom. The van der Waals surface area contributed by atoms with E-state index in [0.717, 1.165) is 22.4 Å². The molecule has 0 saturated carbocycles. The van der Waals surface area contributed by atoms with E-state index in [1.54, 1.807) is 17.0 Å². The number of amides is 2. The summed E-state index contributed by atoms with van der Waals surface area (Å²) in [6, 6.07) is 18.4. The molecule has 4 aromatic rings. The number of hydrogen-bond donors (Lipinski definition) is 1. The molecular weight excluding hydrogens is 394 g/mol. The van der Waals surface area contributed by atoms with Gasteiger partial charge in [0.25, 0.3) is 5.91 Å². The number of oxazole rings is 1. The van der Waals surface area contributed by atoms with E-state index in [-0.39, 0.29) is 17.7 Å². The van der Waals surface area contributed by atoms with Crippen molar-refractivity contribution in [2.75, 3.05) is 18.4 Å². The third-order valence-corrected chi connectivity index (χ3v) is 5.58. The van der Waals surface area contributed by atoms with E-state index in [2.05, 4.69) is 10.3 Å². The van der Waals surface area contributed by atoms with E-state index in [4.69, 9.17) is 8.83 Å². The van der Waals surface area contributed by atoms with Crippen LogP contribution in [-0.2, 0) is 4.79 Å². The molecule has 0 atom stereocenters. The smallest absolute Gasteiger partial charge is 0.289 e. The van der Waals surface area contributed by atoms with Crippen molar-refractivity contribution in [1.29, 1.82) is 0 Å². The van der Waals surface area contributed by atoms with E-state index < -0.39 is 0 Å². The molecule has 1 fully saturated rings. The van der Waals surface area contributed by atoms with Crippen LogP contribution in [0.4, 0.5) is 5.69 Å². The Morgan fingerprint density at radius 2 is 1.74 bits per heavy atom. The Balaban J connectivity index is 1.19. The minimum atomic E-state index is -0.127. The molecular formula is C24H21N3O4. The predicted octanol–water partition coefficient (Wildman–Crippen LogP) is 4.58. The number of likely N-dealkylation sites (tertiary alicyclic amines) is 1. The summed E-state index contributed by atoms with van der Waals surface area (Å²) in [6.07, 6.45) is 2.74. The van der Waals surface area contributed by atoms with Crippen molar-refractivity contribution in [1.82, 2.24) is 9.88 Å². The van der Waals surface area contributed by atoms with Gasteiger partial charge in [0.05, 0.1) is 6.26 Å². The largest absolute Gasteiger partial charge is 0.459 e. The van der Waals surface area contributed by atoms with Gasteiger partial charge in [-0.25, -0.2) is 4.98 Å². The molecule has 1 N–H and O–H groups in total. The highest BCUT2D eigenvalue weighted by molar-refractivity contribution is 5.94. The number of fused-ring (bicyclic) bond motifs is 1. The summed E-state index contributed by atoms with van der Waals surface area (Å²) in [5.74, 6) is 0.602. The Kier molecular flexibility index (Phi) is 5.00. The van der Waals surface area contributed by atoms with Gasteiger partial charge in [-0.15, -0.1) is 0 Å². The van der Waals surface area contributed by atoms with Gasteiger partial charge in [0.15, 0.2) is 11.3 Å². The number of carbonyl (C=O) groups excluding carboxylic acids is 2. The van der Waals surface area contributed by atoms with Crippen LogP contribution in [-0.4, -0.2) is 34.8 Å². The zero-order valence-electron chi connectivity index (χ0n) is 16.8. The second-order valence-electron chi connectivity index (χ2n) is 7.60. The number of carbonyl (C=O) groups is 2. The summed E-state index contributed by atoms with van der Waals surface area (Å²) in [4.78, 5) is 31.3. The molecule has 7 heteroatoms. The molecule has 2 amide bonds. The summed E-state index contributed by atoms with van der Waals surface area (Å²) >= 11 is 0. The lowest BCUT2D eigenvalue weighted by molar-refractivity contribution is -0.121. The highest BCUT2D eigenvalue weighted by atomic mass is 16.3. The van der Waals surface area contributed by atoms with E-state index in [0.29, 0.717) is 37.6 Å². The predicted molar refractivity (Wildman–Crippen MR) is 115 cm³/mol. The second-order valence-corrected chi connectivity index (χ2v) is 7.60. The number of aromatic nitrogens is 1. The van der Waals surface area contributed by atoms with Gasteiger partial charge in [-0.3, -0.25) is 9.59 Å². The lowest BCUT2D eigenvalue weighted by Gasteiger charge is -2.30. The van der Waals surface area contributed by atoms with Crippen molar-refractivity contribution in [2.24, 2.45) is 5.92 Å². The summed E-state index contributed by atoms with van der Waals surface area (Å²) < 4.78 is 11.0. The molecule has 0 spiro atoms. The van der Waals surface area contributed by atoms with Gasteiger partial charge in [-0.2, -0.15) is 0 Å². The van der Waals surface area contributed by atoms with Gasteiger partial charge in [-0.05, 0) is 61.4 Å². The third-order valence-electron chi connectivity index (χ3n) is 5.58. The first-order valence-electron chi connectivity index (χ1n) is 10.3. The fourth-order valence-electron chi connectivity index (χ4n) is 3.84. The van der Waals surface area contributed by atoms with Gasteiger partial charge in [0.2, 0.25) is 11.8 Å². The first-order chi connectivity index (χ1) is 15.2. The van der Waals surface area contributed by atoms with E-state index in [1.807, 2.05) is 48.5 Å². The third kappa shape index (κ3) is 3.94. The second kappa shape index (κ2) is 8.10. The minimum absolute atomic E-state index is 0.0280. The van der Waals surface area contributed by atoms with Crippen LogP contribution in [0.15, 0.2) is 75.8 Å². The zero-order chi connectivity index (χ0) is 21.2. The Hall–Kier alpha value is -3.87. The molecule has 0 aliphatic carbocycles. The number of anilines is 1. The number of nitrogens with one attached hydrogen (secondary N) is 1. The molecule has 2 aromatic heterocycles. The Labute approximate surface area is 178 Å². The van der Waals surface area contributed by atoms with Crippen LogP contribution in [0.5, 0.6) is 0 Å². The molecule has 31 heavy (non-hydrogen) atoms. The molecule has 3 heterocycles. The molecule has 0 radical (unpaired) electrons. The lowest BCUT2D eigenvalue weighted by Crippen LogP contribution is -2.41. The number of furan rings is 1. The number of para-hydroxylation sites is 2. The summed E-state index contributed by atoms with van der Waals surface area (Å²) in [5, 5.41) is 2.98. The SMILES string of the molecule is O=C(Nc1ccc(-c2nc3ccccc3o2)cc1)C1CCN(C(=O)c2ccco2)CC1. The first-order valence-corrected chi connectivity index (χ1v) is 10.3.